The largest absolute Gasteiger partial charge is 0.306 e. The van der Waals surface area contributed by atoms with Crippen molar-refractivity contribution in [2.45, 2.75) is 38.3 Å². The van der Waals surface area contributed by atoms with Gasteiger partial charge in [-0.15, -0.1) is 0 Å². The van der Waals surface area contributed by atoms with E-state index in [1.165, 1.54) is 4.31 Å². The molecular weight excluding hydrogens is 322 g/mol. The second-order valence-electron chi connectivity index (χ2n) is 5.62. The fourth-order valence-corrected chi connectivity index (χ4v) is 3.99. The summed E-state index contributed by atoms with van der Waals surface area (Å²) in [5.41, 5.74) is 2.17. The minimum absolute atomic E-state index is 0.121. The molecule has 5 nitrogen and oxygen atoms in total. The zero-order valence-electron chi connectivity index (χ0n) is 14.4. The van der Waals surface area contributed by atoms with Crippen LogP contribution in [-0.4, -0.2) is 30.8 Å². The van der Waals surface area contributed by atoms with Crippen molar-refractivity contribution in [1.29, 1.82) is 0 Å². The van der Waals surface area contributed by atoms with E-state index in [1.807, 2.05) is 44.3 Å². The van der Waals surface area contributed by atoms with Crippen molar-refractivity contribution in [2.75, 3.05) is 13.1 Å². The zero-order valence-corrected chi connectivity index (χ0v) is 15.3. The standard InChI is InChI=1S/C18H25N3O2S/c1-4-21(5-2)24(22,23)18-10-8-17(9-11-18)15(3)20-14-16-7-6-12-19-13-16/h6-13,15,20H,4-5,14H2,1-3H3. The van der Waals surface area contributed by atoms with E-state index in [9.17, 15) is 8.42 Å². The Morgan fingerprint density at radius 1 is 1.12 bits per heavy atom. The average molecular weight is 347 g/mol. The third-order valence-corrected chi connectivity index (χ3v) is 6.12. The summed E-state index contributed by atoms with van der Waals surface area (Å²) in [6.07, 6.45) is 3.58. The maximum atomic E-state index is 12.5. The zero-order chi connectivity index (χ0) is 17.6. The molecule has 0 saturated heterocycles. The van der Waals surface area contributed by atoms with Gasteiger partial charge in [-0.3, -0.25) is 4.98 Å². The molecule has 0 radical (unpaired) electrons. The van der Waals surface area contributed by atoms with Gasteiger partial charge in [-0.25, -0.2) is 8.42 Å². The van der Waals surface area contributed by atoms with E-state index in [0.717, 1.165) is 11.1 Å². The molecule has 0 bridgehead atoms. The van der Waals surface area contributed by atoms with Gasteiger partial charge in [0, 0.05) is 38.1 Å². The highest BCUT2D eigenvalue weighted by molar-refractivity contribution is 7.89. The van der Waals surface area contributed by atoms with Crippen molar-refractivity contribution in [3.05, 3.63) is 59.9 Å². The predicted molar refractivity (Wildman–Crippen MR) is 96.0 cm³/mol. The van der Waals surface area contributed by atoms with Crippen molar-refractivity contribution >= 4 is 10.0 Å². The molecule has 0 spiro atoms. The smallest absolute Gasteiger partial charge is 0.243 e. The second kappa shape index (κ2) is 8.37. The van der Waals surface area contributed by atoms with Crippen molar-refractivity contribution in [3.63, 3.8) is 0 Å². The Labute approximate surface area is 144 Å². The Kier molecular flexibility index (Phi) is 6.48. The summed E-state index contributed by atoms with van der Waals surface area (Å²) in [6.45, 7) is 7.42. The van der Waals surface area contributed by atoms with Gasteiger partial charge in [0.15, 0.2) is 0 Å². The molecule has 0 saturated carbocycles. The van der Waals surface area contributed by atoms with Crippen molar-refractivity contribution < 1.29 is 8.42 Å². The van der Waals surface area contributed by atoms with Crippen LogP contribution in [0.4, 0.5) is 0 Å². The molecule has 6 heteroatoms. The Morgan fingerprint density at radius 3 is 2.33 bits per heavy atom. The van der Waals surface area contributed by atoms with Crippen LogP contribution in [0.3, 0.4) is 0 Å². The fourth-order valence-electron chi connectivity index (χ4n) is 2.53. The first-order valence-corrected chi connectivity index (χ1v) is 9.65. The number of rotatable bonds is 8. The van der Waals surface area contributed by atoms with E-state index in [4.69, 9.17) is 0 Å². The summed E-state index contributed by atoms with van der Waals surface area (Å²) in [6, 6.07) is 11.2. The van der Waals surface area contributed by atoms with Crippen LogP contribution < -0.4 is 5.32 Å². The average Bonchev–Trinajstić information content (AvgIpc) is 2.61. The first-order valence-electron chi connectivity index (χ1n) is 8.21. The van der Waals surface area contributed by atoms with E-state index in [2.05, 4.69) is 17.2 Å². The van der Waals surface area contributed by atoms with E-state index in [-0.39, 0.29) is 6.04 Å². The minimum atomic E-state index is -3.39. The van der Waals surface area contributed by atoms with Crippen LogP contribution in [0, 0.1) is 0 Å². The first-order chi connectivity index (χ1) is 11.5. The van der Waals surface area contributed by atoms with Gasteiger partial charge in [0.05, 0.1) is 4.90 Å². The molecule has 0 amide bonds. The molecule has 1 atom stereocenters. The summed E-state index contributed by atoms with van der Waals surface area (Å²) in [4.78, 5) is 4.44. The summed E-state index contributed by atoms with van der Waals surface area (Å²) in [7, 11) is -3.39. The number of hydrogen-bond donors (Lipinski definition) is 1. The third-order valence-electron chi connectivity index (χ3n) is 4.06. The van der Waals surface area contributed by atoms with Crippen LogP contribution in [0.1, 0.15) is 37.9 Å². The molecule has 2 rings (SSSR count). The number of nitrogens with zero attached hydrogens (tertiary/aromatic N) is 2. The first kappa shape index (κ1) is 18.6. The number of sulfonamides is 1. The lowest BCUT2D eigenvalue weighted by molar-refractivity contribution is 0.445. The number of nitrogens with one attached hydrogen (secondary N) is 1. The number of aromatic nitrogens is 1. The molecular formula is C18H25N3O2S. The van der Waals surface area contributed by atoms with Gasteiger partial charge < -0.3 is 5.32 Å². The lowest BCUT2D eigenvalue weighted by atomic mass is 10.1. The molecule has 0 fully saturated rings. The highest BCUT2D eigenvalue weighted by atomic mass is 32.2. The number of benzene rings is 1. The van der Waals surface area contributed by atoms with Crippen molar-refractivity contribution in [3.8, 4) is 0 Å². The maximum absolute atomic E-state index is 12.5. The molecule has 24 heavy (non-hydrogen) atoms. The maximum Gasteiger partial charge on any atom is 0.243 e. The van der Waals surface area contributed by atoms with E-state index < -0.39 is 10.0 Å². The second-order valence-corrected chi connectivity index (χ2v) is 7.56. The molecule has 0 aliphatic rings. The monoisotopic (exact) mass is 347 g/mol. The number of hydrogen-bond acceptors (Lipinski definition) is 4. The SMILES string of the molecule is CCN(CC)S(=O)(=O)c1ccc(C(C)NCc2cccnc2)cc1. The lowest BCUT2D eigenvalue weighted by Crippen LogP contribution is -2.30. The van der Waals surface area contributed by atoms with Gasteiger partial charge in [-0.05, 0) is 36.2 Å². The molecule has 130 valence electrons. The van der Waals surface area contributed by atoms with Gasteiger partial charge in [-0.2, -0.15) is 4.31 Å². The highest BCUT2D eigenvalue weighted by Crippen LogP contribution is 2.19. The van der Waals surface area contributed by atoms with Gasteiger partial charge in [0.1, 0.15) is 0 Å². The van der Waals surface area contributed by atoms with E-state index in [1.54, 1.807) is 18.3 Å². The Balaban J connectivity index is 2.06. The molecule has 1 aromatic heterocycles. The lowest BCUT2D eigenvalue weighted by Gasteiger charge is -2.19. The Hall–Kier alpha value is -1.76. The van der Waals surface area contributed by atoms with Gasteiger partial charge >= 0.3 is 0 Å². The van der Waals surface area contributed by atoms with Crippen LogP contribution in [0.2, 0.25) is 0 Å². The molecule has 1 heterocycles. The predicted octanol–water partition coefficient (Wildman–Crippen LogP) is 2.96. The molecule has 1 N–H and O–H groups in total. The van der Waals surface area contributed by atoms with Crippen LogP contribution in [0.15, 0.2) is 53.7 Å². The van der Waals surface area contributed by atoms with Crippen LogP contribution in [0.5, 0.6) is 0 Å². The summed E-state index contributed by atoms with van der Waals surface area (Å²) in [5, 5.41) is 3.42. The van der Waals surface area contributed by atoms with E-state index >= 15 is 0 Å². The normalized spacial score (nSPS) is 13.2. The van der Waals surface area contributed by atoms with Crippen LogP contribution in [-0.2, 0) is 16.6 Å². The molecule has 2 aromatic rings. The highest BCUT2D eigenvalue weighted by Gasteiger charge is 2.21. The summed E-state index contributed by atoms with van der Waals surface area (Å²) in [5.74, 6) is 0. The molecule has 1 aromatic carbocycles. The fraction of sp³-hybridized carbons (Fsp3) is 0.389. The van der Waals surface area contributed by atoms with E-state index in [0.29, 0.717) is 24.5 Å². The number of pyridine rings is 1. The van der Waals surface area contributed by atoms with Crippen molar-refractivity contribution in [1.82, 2.24) is 14.6 Å². The quantitative estimate of drug-likeness (QED) is 0.797. The molecule has 1 unspecified atom stereocenters. The van der Waals surface area contributed by atoms with Crippen LogP contribution >= 0.6 is 0 Å². The van der Waals surface area contributed by atoms with Gasteiger partial charge in [0.25, 0.3) is 0 Å². The Bertz CT molecular complexity index is 727. The minimum Gasteiger partial charge on any atom is -0.306 e. The van der Waals surface area contributed by atoms with Crippen molar-refractivity contribution in [2.24, 2.45) is 0 Å². The summed E-state index contributed by atoms with van der Waals surface area (Å²) < 4.78 is 26.4. The molecule has 0 aliphatic heterocycles. The third kappa shape index (κ3) is 4.41. The van der Waals surface area contributed by atoms with Crippen LogP contribution in [0.25, 0.3) is 0 Å². The Morgan fingerprint density at radius 2 is 1.79 bits per heavy atom. The van der Waals surface area contributed by atoms with Gasteiger partial charge in [0.2, 0.25) is 10.0 Å². The molecule has 0 aliphatic carbocycles. The van der Waals surface area contributed by atoms with Gasteiger partial charge in [-0.1, -0.05) is 32.0 Å². The topological polar surface area (TPSA) is 62.3 Å². The summed E-state index contributed by atoms with van der Waals surface area (Å²) >= 11 is 0.